The summed E-state index contributed by atoms with van der Waals surface area (Å²) >= 11 is 0. The third-order valence-electron chi connectivity index (χ3n) is 3.57. The van der Waals surface area contributed by atoms with Gasteiger partial charge < -0.3 is 14.6 Å². The standard InChI is InChI=1S/C16H23N3O/c1-13(17-2)4-5-14-6-8-15(9-7-14)20-12-16-18-10-11-19(16)3/h6-11,13,17H,4-5,12H2,1-3H3. The van der Waals surface area contributed by atoms with Crippen LogP contribution in [-0.2, 0) is 20.1 Å². The molecule has 1 aromatic heterocycles. The molecule has 1 heterocycles. The van der Waals surface area contributed by atoms with Crippen LogP contribution in [0.25, 0.3) is 0 Å². The van der Waals surface area contributed by atoms with E-state index >= 15 is 0 Å². The summed E-state index contributed by atoms with van der Waals surface area (Å²) in [4.78, 5) is 4.24. The maximum absolute atomic E-state index is 5.74. The number of imidazole rings is 1. The van der Waals surface area contributed by atoms with Crippen LogP contribution in [0.4, 0.5) is 0 Å². The highest BCUT2D eigenvalue weighted by molar-refractivity contribution is 5.27. The minimum Gasteiger partial charge on any atom is -0.486 e. The molecule has 4 heteroatoms. The lowest BCUT2D eigenvalue weighted by molar-refractivity contribution is 0.291. The molecular formula is C16H23N3O. The number of hydrogen-bond acceptors (Lipinski definition) is 3. The molecule has 0 aliphatic heterocycles. The second kappa shape index (κ2) is 7.10. The van der Waals surface area contributed by atoms with Gasteiger partial charge >= 0.3 is 0 Å². The van der Waals surface area contributed by atoms with Gasteiger partial charge in [0.25, 0.3) is 0 Å². The first kappa shape index (κ1) is 14.6. The Morgan fingerprint density at radius 3 is 2.65 bits per heavy atom. The Balaban J connectivity index is 1.84. The van der Waals surface area contributed by atoms with Gasteiger partial charge in [-0.05, 0) is 44.5 Å². The Kier molecular flexibility index (Phi) is 5.18. The summed E-state index contributed by atoms with van der Waals surface area (Å²) in [5, 5.41) is 3.25. The van der Waals surface area contributed by atoms with E-state index in [0.717, 1.165) is 24.4 Å². The van der Waals surface area contributed by atoms with Gasteiger partial charge in [0.15, 0.2) is 0 Å². The number of ether oxygens (including phenoxy) is 1. The quantitative estimate of drug-likeness (QED) is 0.842. The van der Waals surface area contributed by atoms with Gasteiger partial charge in [0.05, 0.1) is 0 Å². The molecule has 1 atom stereocenters. The van der Waals surface area contributed by atoms with Crippen molar-refractivity contribution in [3.05, 3.63) is 48.0 Å². The largest absolute Gasteiger partial charge is 0.486 e. The minimum absolute atomic E-state index is 0.500. The summed E-state index contributed by atoms with van der Waals surface area (Å²) in [6.45, 7) is 2.70. The third-order valence-corrected chi connectivity index (χ3v) is 3.57. The molecule has 0 radical (unpaired) electrons. The van der Waals surface area contributed by atoms with Crippen LogP contribution in [0.15, 0.2) is 36.7 Å². The molecule has 0 fully saturated rings. The SMILES string of the molecule is CNC(C)CCc1ccc(OCc2nccn2C)cc1. The number of aryl methyl sites for hydroxylation is 2. The van der Waals surface area contributed by atoms with Crippen molar-refractivity contribution in [2.75, 3.05) is 7.05 Å². The summed E-state index contributed by atoms with van der Waals surface area (Å²) in [6, 6.07) is 8.88. The van der Waals surface area contributed by atoms with E-state index in [2.05, 4.69) is 29.4 Å². The predicted molar refractivity (Wildman–Crippen MR) is 80.8 cm³/mol. The van der Waals surface area contributed by atoms with Crippen molar-refractivity contribution in [2.45, 2.75) is 32.4 Å². The molecule has 108 valence electrons. The van der Waals surface area contributed by atoms with Crippen LogP contribution in [0, 0.1) is 0 Å². The monoisotopic (exact) mass is 273 g/mol. The van der Waals surface area contributed by atoms with Crippen LogP contribution in [0.2, 0.25) is 0 Å². The number of rotatable bonds is 7. The highest BCUT2D eigenvalue weighted by Gasteiger charge is 2.02. The van der Waals surface area contributed by atoms with E-state index in [1.165, 1.54) is 5.56 Å². The average molecular weight is 273 g/mol. The summed E-state index contributed by atoms with van der Waals surface area (Å²) in [7, 11) is 3.97. The van der Waals surface area contributed by atoms with E-state index in [1.54, 1.807) is 6.20 Å². The molecule has 0 aliphatic carbocycles. The van der Waals surface area contributed by atoms with Gasteiger partial charge in [-0.1, -0.05) is 12.1 Å². The molecule has 0 saturated heterocycles. The summed E-state index contributed by atoms with van der Waals surface area (Å²) < 4.78 is 7.70. The summed E-state index contributed by atoms with van der Waals surface area (Å²) in [5.74, 6) is 1.82. The lowest BCUT2D eigenvalue weighted by Gasteiger charge is -2.10. The molecule has 0 bridgehead atoms. The van der Waals surface area contributed by atoms with Crippen LogP contribution in [0.5, 0.6) is 5.75 Å². The van der Waals surface area contributed by atoms with E-state index in [0.29, 0.717) is 12.6 Å². The van der Waals surface area contributed by atoms with Crippen molar-refractivity contribution < 1.29 is 4.74 Å². The Hall–Kier alpha value is -1.81. The fourth-order valence-corrected chi connectivity index (χ4v) is 1.96. The van der Waals surface area contributed by atoms with Crippen LogP contribution in [-0.4, -0.2) is 22.6 Å². The normalized spacial score (nSPS) is 12.3. The number of aromatic nitrogens is 2. The molecule has 2 aromatic rings. The molecule has 1 aromatic carbocycles. The van der Waals surface area contributed by atoms with E-state index in [-0.39, 0.29) is 0 Å². The number of nitrogens with one attached hydrogen (secondary N) is 1. The smallest absolute Gasteiger partial charge is 0.146 e. The zero-order valence-corrected chi connectivity index (χ0v) is 12.5. The van der Waals surface area contributed by atoms with Gasteiger partial charge in [-0.2, -0.15) is 0 Å². The Bertz CT molecular complexity index is 519. The molecule has 4 nitrogen and oxygen atoms in total. The molecule has 2 rings (SSSR count). The zero-order valence-electron chi connectivity index (χ0n) is 12.5. The number of hydrogen-bond donors (Lipinski definition) is 1. The first-order valence-corrected chi connectivity index (χ1v) is 7.04. The molecule has 0 aliphatic rings. The van der Waals surface area contributed by atoms with Gasteiger partial charge in [-0.3, -0.25) is 0 Å². The van der Waals surface area contributed by atoms with Gasteiger partial charge in [0, 0.05) is 25.5 Å². The van der Waals surface area contributed by atoms with Crippen molar-refractivity contribution in [1.82, 2.24) is 14.9 Å². The molecule has 0 spiro atoms. The van der Waals surface area contributed by atoms with Crippen molar-refractivity contribution in [3.63, 3.8) is 0 Å². The van der Waals surface area contributed by atoms with Crippen LogP contribution in [0.1, 0.15) is 24.7 Å². The number of benzene rings is 1. The highest BCUT2D eigenvalue weighted by atomic mass is 16.5. The van der Waals surface area contributed by atoms with Gasteiger partial charge in [-0.25, -0.2) is 4.98 Å². The van der Waals surface area contributed by atoms with Crippen LogP contribution >= 0.6 is 0 Å². The van der Waals surface area contributed by atoms with Gasteiger partial charge in [0.1, 0.15) is 18.2 Å². The summed E-state index contributed by atoms with van der Waals surface area (Å²) in [6.07, 6.45) is 5.93. The van der Waals surface area contributed by atoms with E-state index in [9.17, 15) is 0 Å². The first-order chi connectivity index (χ1) is 9.69. The maximum atomic E-state index is 5.74. The summed E-state index contributed by atoms with van der Waals surface area (Å²) in [5.41, 5.74) is 1.34. The minimum atomic E-state index is 0.500. The highest BCUT2D eigenvalue weighted by Crippen LogP contribution is 2.15. The molecule has 0 saturated carbocycles. The van der Waals surface area contributed by atoms with Gasteiger partial charge in [-0.15, -0.1) is 0 Å². The number of nitrogens with zero attached hydrogens (tertiary/aromatic N) is 2. The van der Waals surface area contributed by atoms with E-state index in [1.807, 2.05) is 37.0 Å². The van der Waals surface area contributed by atoms with Crippen molar-refractivity contribution >= 4 is 0 Å². The second-order valence-electron chi connectivity index (χ2n) is 5.12. The molecule has 0 amide bonds. The zero-order chi connectivity index (χ0) is 14.4. The van der Waals surface area contributed by atoms with E-state index < -0.39 is 0 Å². The molecule has 1 N–H and O–H groups in total. The molecular weight excluding hydrogens is 250 g/mol. The van der Waals surface area contributed by atoms with Crippen molar-refractivity contribution in [1.29, 1.82) is 0 Å². The Morgan fingerprint density at radius 1 is 1.30 bits per heavy atom. The Labute approximate surface area is 120 Å². The lowest BCUT2D eigenvalue weighted by atomic mass is 10.1. The lowest BCUT2D eigenvalue weighted by Crippen LogP contribution is -2.21. The van der Waals surface area contributed by atoms with Crippen molar-refractivity contribution in [3.8, 4) is 5.75 Å². The van der Waals surface area contributed by atoms with E-state index in [4.69, 9.17) is 4.74 Å². The average Bonchev–Trinajstić information content (AvgIpc) is 2.89. The predicted octanol–water partition coefficient (Wildman–Crippen LogP) is 2.54. The van der Waals surface area contributed by atoms with Gasteiger partial charge in [0.2, 0.25) is 0 Å². The third kappa shape index (κ3) is 4.10. The molecule has 1 unspecified atom stereocenters. The van der Waals surface area contributed by atoms with Crippen molar-refractivity contribution in [2.24, 2.45) is 7.05 Å². The second-order valence-corrected chi connectivity index (χ2v) is 5.12. The van der Waals surface area contributed by atoms with Crippen LogP contribution in [0.3, 0.4) is 0 Å². The fraction of sp³-hybridized carbons (Fsp3) is 0.438. The topological polar surface area (TPSA) is 39.1 Å². The van der Waals surface area contributed by atoms with Crippen LogP contribution < -0.4 is 10.1 Å². The Morgan fingerprint density at radius 2 is 2.05 bits per heavy atom. The maximum Gasteiger partial charge on any atom is 0.146 e. The first-order valence-electron chi connectivity index (χ1n) is 7.04. The fourth-order valence-electron chi connectivity index (χ4n) is 1.96. The molecule has 20 heavy (non-hydrogen) atoms.